The SMILES string of the molecule is Cc1ccc(-n2c(-c3ccc(C#N)c(F)c3)nc3c(N4CCCCC4)ccnc32)c(F)c1. The summed E-state index contributed by atoms with van der Waals surface area (Å²) >= 11 is 0. The van der Waals surface area contributed by atoms with Crippen LogP contribution in [0, 0.1) is 29.9 Å². The first kappa shape index (κ1) is 20.1. The van der Waals surface area contributed by atoms with Crippen molar-refractivity contribution < 1.29 is 8.78 Å². The number of aromatic nitrogens is 3. The Labute approximate surface area is 184 Å². The number of hydrogen-bond acceptors (Lipinski definition) is 4. The molecule has 32 heavy (non-hydrogen) atoms. The highest BCUT2D eigenvalue weighted by atomic mass is 19.1. The minimum atomic E-state index is -0.641. The van der Waals surface area contributed by atoms with Crippen LogP contribution in [0.15, 0.2) is 48.7 Å². The second-order valence-electron chi connectivity index (χ2n) is 8.08. The topological polar surface area (TPSA) is 57.7 Å². The van der Waals surface area contributed by atoms with Crippen LogP contribution in [0.1, 0.15) is 30.4 Å². The molecule has 4 aromatic rings. The second-order valence-corrected chi connectivity index (χ2v) is 8.08. The van der Waals surface area contributed by atoms with Gasteiger partial charge in [-0.25, -0.2) is 18.7 Å². The molecule has 2 aromatic carbocycles. The summed E-state index contributed by atoms with van der Waals surface area (Å²) in [5, 5.41) is 9.09. The molecule has 0 unspecified atom stereocenters. The van der Waals surface area contributed by atoms with E-state index in [1.54, 1.807) is 22.9 Å². The van der Waals surface area contributed by atoms with Crippen molar-refractivity contribution in [3.63, 3.8) is 0 Å². The number of piperidine rings is 1. The predicted molar refractivity (Wildman–Crippen MR) is 120 cm³/mol. The van der Waals surface area contributed by atoms with Gasteiger partial charge in [-0.1, -0.05) is 6.07 Å². The van der Waals surface area contributed by atoms with Gasteiger partial charge >= 0.3 is 0 Å². The molecule has 0 bridgehead atoms. The normalized spacial score (nSPS) is 14.0. The summed E-state index contributed by atoms with van der Waals surface area (Å²) in [5.41, 5.74) is 3.58. The molecule has 5 rings (SSSR count). The van der Waals surface area contributed by atoms with E-state index in [1.807, 2.05) is 25.1 Å². The third-order valence-electron chi connectivity index (χ3n) is 5.91. The third-order valence-corrected chi connectivity index (χ3v) is 5.91. The number of nitriles is 1. The molecule has 0 N–H and O–H groups in total. The molecule has 160 valence electrons. The van der Waals surface area contributed by atoms with Gasteiger partial charge in [-0.3, -0.25) is 4.57 Å². The van der Waals surface area contributed by atoms with Crippen molar-refractivity contribution >= 4 is 16.9 Å². The van der Waals surface area contributed by atoms with Crippen LogP contribution >= 0.6 is 0 Å². The smallest absolute Gasteiger partial charge is 0.167 e. The minimum absolute atomic E-state index is 0.0509. The third kappa shape index (κ3) is 3.38. The minimum Gasteiger partial charge on any atom is -0.370 e. The van der Waals surface area contributed by atoms with Crippen LogP contribution in [0.25, 0.3) is 28.2 Å². The maximum Gasteiger partial charge on any atom is 0.167 e. The van der Waals surface area contributed by atoms with Crippen LogP contribution in [-0.4, -0.2) is 27.6 Å². The van der Waals surface area contributed by atoms with Gasteiger partial charge in [-0.05, 0) is 68.1 Å². The molecule has 2 aromatic heterocycles. The van der Waals surface area contributed by atoms with E-state index in [1.165, 1.54) is 24.6 Å². The fourth-order valence-corrected chi connectivity index (χ4v) is 4.31. The summed E-state index contributed by atoms with van der Waals surface area (Å²) in [6, 6.07) is 13.0. The number of rotatable bonds is 3. The van der Waals surface area contributed by atoms with Crippen LogP contribution < -0.4 is 4.90 Å². The zero-order chi connectivity index (χ0) is 22.2. The van der Waals surface area contributed by atoms with E-state index in [2.05, 4.69) is 9.88 Å². The van der Waals surface area contributed by atoms with Gasteiger partial charge in [0.15, 0.2) is 5.65 Å². The van der Waals surface area contributed by atoms with Crippen LogP contribution in [0.4, 0.5) is 14.5 Å². The molecule has 0 atom stereocenters. The molecular formula is C25H21F2N5. The molecule has 1 saturated heterocycles. The maximum atomic E-state index is 15.1. The predicted octanol–water partition coefficient (Wildman–Crippen LogP) is 5.54. The molecule has 0 aliphatic carbocycles. The summed E-state index contributed by atoms with van der Waals surface area (Å²) in [6.07, 6.45) is 5.11. The lowest BCUT2D eigenvalue weighted by Gasteiger charge is -2.28. The lowest BCUT2D eigenvalue weighted by atomic mass is 10.1. The van der Waals surface area contributed by atoms with Crippen molar-refractivity contribution in [1.29, 1.82) is 5.26 Å². The number of nitrogens with zero attached hydrogens (tertiary/aromatic N) is 5. The average molecular weight is 429 g/mol. The van der Waals surface area contributed by atoms with Crippen molar-refractivity contribution in [3.8, 4) is 23.1 Å². The Hall–Kier alpha value is -3.79. The maximum absolute atomic E-state index is 15.1. The highest BCUT2D eigenvalue weighted by molar-refractivity contribution is 5.90. The average Bonchev–Trinajstić information content (AvgIpc) is 3.19. The largest absolute Gasteiger partial charge is 0.370 e. The summed E-state index contributed by atoms with van der Waals surface area (Å²) in [5.74, 6) is -0.676. The Morgan fingerprint density at radius 3 is 2.47 bits per heavy atom. The van der Waals surface area contributed by atoms with E-state index in [4.69, 9.17) is 10.2 Å². The molecule has 1 fully saturated rings. The van der Waals surface area contributed by atoms with Gasteiger partial charge in [0.25, 0.3) is 0 Å². The number of aryl methyl sites for hydroxylation is 1. The first-order chi connectivity index (χ1) is 15.6. The number of fused-ring (bicyclic) bond motifs is 1. The molecule has 0 amide bonds. The first-order valence-electron chi connectivity index (χ1n) is 10.7. The Balaban J connectivity index is 1.80. The lowest BCUT2D eigenvalue weighted by molar-refractivity contribution is 0.578. The number of imidazole rings is 1. The summed E-state index contributed by atoms with van der Waals surface area (Å²) in [4.78, 5) is 11.7. The van der Waals surface area contributed by atoms with Gasteiger partial charge in [0.1, 0.15) is 29.0 Å². The number of anilines is 1. The number of halogens is 2. The first-order valence-corrected chi connectivity index (χ1v) is 10.7. The van der Waals surface area contributed by atoms with Gasteiger partial charge in [-0.2, -0.15) is 5.26 Å². The van der Waals surface area contributed by atoms with Crippen molar-refractivity contribution in [2.24, 2.45) is 0 Å². The lowest BCUT2D eigenvalue weighted by Crippen LogP contribution is -2.29. The van der Waals surface area contributed by atoms with E-state index >= 15 is 4.39 Å². The monoisotopic (exact) mass is 429 g/mol. The van der Waals surface area contributed by atoms with Crippen LogP contribution in [-0.2, 0) is 0 Å². The molecule has 3 heterocycles. The molecule has 5 nitrogen and oxygen atoms in total. The number of hydrogen-bond donors (Lipinski definition) is 0. The van der Waals surface area contributed by atoms with Crippen LogP contribution in [0.2, 0.25) is 0 Å². The van der Waals surface area contributed by atoms with Crippen molar-refractivity contribution in [2.75, 3.05) is 18.0 Å². The van der Waals surface area contributed by atoms with Gasteiger partial charge in [-0.15, -0.1) is 0 Å². The molecule has 0 saturated carbocycles. The molecule has 1 aliphatic heterocycles. The number of benzene rings is 2. The Morgan fingerprint density at radius 2 is 1.75 bits per heavy atom. The second kappa shape index (κ2) is 8.04. The molecular weight excluding hydrogens is 408 g/mol. The Morgan fingerprint density at radius 1 is 0.938 bits per heavy atom. The van der Waals surface area contributed by atoms with Gasteiger partial charge in [0, 0.05) is 24.8 Å². The molecule has 0 spiro atoms. The van der Waals surface area contributed by atoms with Gasteiger partial charge in [0.2, 0.25) is 0 Å². The van der Waals surface area contributed by atoms with Crippen molar-refractivity contribution in [3.05, 3.63) is 71.4 Å². The molecule has 0 radical (unpaired) electrons. The van der Waals surface area contributed by atoms with E-state index in [0.29, 0.717) is 28.2 Å². The van der Waals surface area contributed by atoms with E-state index in [0.717, 1.165) is 37.2 Å². The Bertz CT molecular complexity index is 1360. The molecule has 7 heteroatoms. The fraction of sp³-hybridized carbons (Fsp3) is 0.240. The Kier molecular flexibility index (Phi) is 5.06. The summed E-state index contributed by atoms with van der Waals surface area (Å²) < 4.78 is 31.2. The van der Waals surface area contributed by atoms with Gasteiger partial charge < -0.3 is 4.90 Å². The number of pyridine rings is 1. The standard InChI is InChI=1S/C25H21F2N5/c1-16-5-8-21(20(27)13-16)32-24(17-6-7-18(15-28)19(26)14-17)30-23-22(9-10-29-25(23)32)31-11-3-2-4-12-31/h5-10,13-14H,2-4,11-12H2,1H3. The highest BCUT2D eigenvalue weighted by Gasteiger charge is 2.23. The molecule has 1 aliphatic rings. The van der Waals surface area contributed by atoms with E-state index < -0.39 is 11.6 Å². The van der Waals surface area contributed by atoms with Crippen molar-refractivity contribution in [1.82, 2.24) is 14.5 Å². The van der Waals surface area contributed by atoms with Gasteiger partial charge in [0.05, 0.1) is 16.9 Å². The summed E-state index contributed by atoms with van der Waals surface area (Å²) in [6.45, 7) is 3.67. The van der Waals surface area contributed by atoms with E-state index in [9.17, 15) is 4.39 Å². The zero-order valence-corrected chi connectivity index (χ0v) is 17.6. The zero-order valence-electron chi connectivity index (χ0n) is 17.6. The highest BCUT2D eigenvalue weighted by Crippen LogP contribution is 2.34. The van der Waals surface area contributed by atoms with Crippen LogP contribution in [0.5, 0.6) is 0 Å². The fourth-order valence-electron chi connectivity index (χ4n) is 4.31. The quantitative estimate of drug-likeness (QED) is 0.429. The van der Waals surface area contributed by atoms with E-state index in [-0.39, 0.29) is 5.56 Å². The van der Waals surface area contributed by atoms with Crippen LogP contribution in [0.3, 0.4) is 0 Å². The van der Waals surface area contributed by atoms with Crippen molar-refractivity contribution in [2.45, 2.75) is 26.2 Å². The summed E-state index contributed by atoms with van der Waals surface area (Å²) in [7, 11) is 0.